The van der Waals surface area contributed by atoms with Crippen LogP contribution in [-0.4, -0.2) is 67.5 Å². The maximum absolute atomic E-state index is 12.8. The normalized spacial score (nSPS) is 13.7. The zero-order chi connectivity index (χ0) is 25.1. The lowest BCUT2D eigenvalue weighted by Crippen LogP contribution is -2.50. The second-order valence-corrected chi connectivity index (χ2v) is 9.52. The fourth-order valence-corrected chi connectivity index (χ4v) is 5.00. The number of piperazine rings is 1. The van der Waals surface area contributed by atoms with Gasteiger partial charge < -0.3 is 14.2 Å². The predicted octanol–water partition coefficient (Wildman–Crippen LogP) is 4.17. The zero-order valence-electron chi connectivity index (χ0n) is 19.5. The van der Waals surface area contributed by atoms with Crippen molar-refractivity contribution < 1.29 is 14.0 Å². The number of rotatable bonds is 6. The van der Waals surface area contributed by atoms with Crippen LogP contribution in [0.25, 0.3) is 17.1 Å². The standard InChI is InChI=1S/C25H23ClN6O3S/c1-17(33)30-11-13-31(14-12-30)24(34)21-15-35-22(27-21)16-36-25-29-28-23(19-9-5-6-10-20(19)26)32(25)18-7-3-2-4-8-18/h2-10,15H,11-14,16H2,1H3. The molecule has 2 aromatic heterocycles. The van der Waals surface area contributed by atoms with E-state index in [4.69, 9.17) is 16.0 Å². The van der Waals surface area contributed by atoms with Gasteiger partial charge in [0.25, 0.3) is 5.91 Å². The molecule has 0 aliphatic carbocycles. The maximum Gasteiger partial charge on any atom is 0.275 e. The Labute approximate surface area is 217 Å². The van der Waals surface area contributed by atoms with Gasteiger partial charge in [0.1, 0.15) is 6.26 Å². The molecule has 184 valence electrons. The highest BCUT2D eigenvalue weighted by molar-refractivity contribution is 7.98. The number of amides is 2. The van der Waals surface area contributed by atoms with E-state index in [1.165, 1.54) is 24.9 Å². The Bertz CT molecular complexity index is 1380. The molecule has 1 fully saturated rings. The van der Waals surface area contributed by atoms with Crippen molar-refractivity contribution >= 4 is 35.2 Å². The summed E-state index contributed by atoms with van der Waals surface area (Å²) in [5, 5.41) is 10.0. The molecule has 2 amide bonds. The maximum atomic E-state index is 12.8. The first-order valence-electron chi connectivity index (χ1n) is 11.4. The highest BCUT2D eigenvalue weighted by Crippen LogP contribution is 2.32. The summed E-state index contributed by atoms with van der Waals surface area (Å²) < 4.78 is 7.53. The molecule has 5 rings (SSSR count). The molecule has 0 bridgehead atoms. The predicted molar refractivity (Wildman–Crippen MR) is 136 cm³/mol. The number of carbonyl (C=O) groups is 2. The van der Waals surface area contributed by atoms with Gasteiger partial charge in [0, 0.05) is 44.4 Å². The smallest absolute Gasteiger partial charge is 0.275 e. The van der Waals surface area contributed by atoms with Crippen LogP contribution in [0.3, 0.4) is 0 Å². The van der Waals surface area contributed by atoms with Crippen molar-refractivity contribution in [1.82, 2.24) is 29.5 Å². The molecule has 3 heterocycles. The molecule has 1 aliphatic rings. The van der Waals surface area contributed by atoms with Crippen LogP contribution < -0.4 is 0 Å². The minimum Gasteiger partial charge on any atom is -0.447 e. The van der Waals surface area contributed by atoms with Crippen molar-refractivity contribution in [3.05, 3.63) is 77.5 Å². The Morgan fingerprint density at radius 2 is 1.67 bits per heavy atom. The van der Waals surface area contributed by atoms with Crippen molar-refractivity contribution in [2.24, 2.45) is 0 Å². The van der Waals surface area contributed by atoms with Crippen molar-refractivity contribution in [3.8, 4) is 17.1 Å². The first kappa shape index (κ1) is 24.1. The van der Waals surface area contributed by atoms with E-state index in [2.05, 4.69) is 15.2 Å². The van der Waals surface area contributed by atoms with Crippen LogP contribution in [0.15, 0.2) is 70.4 Å². The summed E-state index contributed by atoms with van der Waals surface area (Å²) in [6.45, 7) is 3.52. The van der Waals surface area contributed by atoms with Gasteiger partial charge in [-0.3, -0.25) is 14.2 Å². The summed E-state index contributed by atoms with van der Waals surface area (Å²) in [5.74, 6) is 1.21. The lowest BCUT2D eigenvalue weighted by Gasteiger charge is -2.33. The van der Waals surface area contributed by atoms with Crippen LogP contribution in [0.2, 0.25) is 5.02 Å². The number of para-hydroxylation sites is 1. The Morgan fingerprint density at radius 3 is 2.39 bits per heavy atom. The summed E-state index contributed by atoms with van der Waals surface area (Å²) in [6, 6.07) is 17.3. The van der Waals surface area contributed by atoms with Gasteiger partial charge in [0.05, 0.1) is 10.8 Å². The molecule has 4 aromatic rings. The van der Waals surface area contributed by atoms with Crippen LogP contribution in [0.4, 0.5) is 0 Å². The monoisotopic (exact) mass is 522 g/mol. The van der Waals surface area contributed by atoms with Crippen molar-refractivity contribution in [2.75, 3.05) is 26.2 Å². The summed E-state index contributed by atoms with van der Waals surface area (Å²) in [4.78, 5) is 32.2. The third kappa shape index (κ3) is 5.00. The van der Waals surface area contributed by atoms with E-state index >= 15 is 0 Å². The lowest BCUT2D eigenvalue weighted by molar-refractivity contribution is -0.130. The Kier molecular flexibility index (Phi) is 7.06. The number of thioether (sulfide) groups is 1. The molecular formula is C25H23ClN6O3S. The Morgan fingerprint density at radius 1 is 0.972 bits per heavy atom. The molecule has 1 saturated heterocycles. The summed E-state index contributed by atoms with van der Waals surface area (Å²) in [6.07, 6.45) is 1.38. The van der Waals surface area contributed by atoms with Gasteiger partial charge in [-0.2, -0.15) is 0 Å². The average molecular weight is 523 g/mol. The summed E-state index contributed by atoms with van der Waals surface area (Å²) in [7, 11) is 0. The van der Waals surface area contributed by atoms with Gasteiger partial charge in [-0.15, -0.1) is 10.2 Å². The third-order valence-corrected chi connectivity index (χ3v) is 7.11. The lowest BCUT2D eigenvalue weighted by atomic mass is 10.2. The minimum atomic E-state index is -0.202. The molecule has 11 heteroatoms. The molecule has 0 saturated carbocycles. The van der Waals surface area contributed by atoms with Gasteiger partial charge >= 0.3 is 0 Å². The van der Waals surface area contributed by atoms with Crippen LogP contribution in [0.1, 0.15) is 23.3 Å². The van der Waals surface area contributed by atoms with Crippen molar-refractivity contribution in [3.63, 3.8) is 0 Å². The van der Waals surface area contributed by atoms with Gasteiger partial charge in [0.2, 0.25) is 11.8 Å². The summed E-state index contributed by atoms with van der Waals surface area (Å²) in [5.41, 5.74) is 1.92. The topological polar surface area (TPSA) is 97.4 Å². The second-order valence-electron chi connectivity index (χ2n) is 8.17. The number of halogens is 1. The molecule has 36 heavy (non-hydrogen) atoms. The van der Waals surface area contributed by atoms with Crippen molar-refractivity contribution in [2.45, 2.75) is 17.8 Å². The highest BCUT2D eigenvalue weighted by Gasteiger charge is 2.26. The Balaban J connectivity index is 1.33. The molecule has 0 radical (unpaired) electrons. The molecular weight excluding hydrogens is 500 g/mol. The molecule has 0 unspecified atom stereocenters. The fourth-order valence-electron chi connectivity index (χ4n) is 3.98. The summed E-state index contributed by atoms with van der Waals surface area (Å²) >= 11 is 7.85. The number of nitrogens with zero attached hydrogens (tertiary/aromatic N) is 6. The number of hydrogen-bond acceptors (Lipinski definition) is 7. The van der Waals surface area contributed by atoms with Crippen LogP contribution in [0, 0.1) is 0 Å². The van der Waals surface area contributed by atoms with Crippen molar-refractivity contribution in [1.29, 1.82) is 0 Å². The van der Waals surface area contributed by atoms with Gasteiger partial charge in [-0.25, -0.2) is 4.98 Å². The van der Waals surface area contributed by atoms with Gasteiger partial charge in [-0.1, -0.05) is 53.7 Å². The minimum absolute atomic E-state index is 0.0175. The number of carbonyl (C=O) groups excluding carboxylic acids is 2. The van der Waals surface area contributed by atoms with Gasteiger partial charge in [-0.05, 0) is 24.3 Å². The number of oxazole rings is 1. The van der Waals surface area contributed by atoms with Gasteiger partial charge in [0.15, 0.2) is 16.7 Å². The molecule has 0 N–H and O–H groups in total. The number of benzene rings is 2. The first-order chi connectivity index (χ1) is 17.5. The second kappa shape index (κ2) is 10.5. The van der Waals surface area contributed by atoms with Crippen LogP contribution in [-0.2, 0) is 10.5 Å². The Hall–Kier alpha value is -3.63. The number of aromatic nitrogens is 4. The van der Waals surface area contributed by atoms with Crippen LogP contribution >= 0.6 is 23.4 Å². The highest BCUT2D eigenvalue weighted by atomic mass is 35.5. The molecule has 2 aromatic carbocycles. The fraction of sp³-hybridized carbons (Fsp3) is 0.240. The van der Waals surface area contributed by atoms with Crippen LogP contribution in [0.5, 0.6) is 0 Å². The SMILES string of the molecule is CC(=O)N1CCN(C(=O)c2coc(CSc3nnc(-c4ccccc4Cl)n3-c3ccccc3)n2)CC1. The average Bonchev–Trinajstić information content (AvgIpc) is 3.55. The van der Waals surface area contributed by atoms with E-state index < -0.39 is 0 Å². The van der Waals surface area contributed by atoms with E-state index in [1.54, 1.807) is 9.80 Å². The largest absolute Gasteiger partial charge is 0.447 e. The zero-order valence-corrected chi connectivity index (χ0v) is 21.1. The van der Waals surface area contributed by atoms with E-state index in [0.29, 0.717) is 53.8 Å². The first-order valence-corrected chi connectivity index (χ1v) is 12.8. The van der Waals surface area contributed by atoms with E-state index in [1.807, 2.05) is 59.2 Å². The van der Waals surface area contributed by atoms with E-state index in [-0.39, 0.29) is 17.5 Å². The molecule has 0 atom stereocenters. The number of hydrogen-bond donors (Lipinski definition) is 0. The quantitative estimate of drug-likeness (QED) is 0.350. The third-order valence-electron chi connectivity index (χ3n) is 5.87. The van der Waals surface area contributed by atoms with E-state index in [9.17, 15) is 9.59 Å². The molecule has 1 aliphatic heterocycles. The van der Waals surface area contributed by atoms with E-state index in [0.717, 1.165) is 11.3 Å². The molecule has 9 nitrogen and oxygen atoms in total. The molecule has 0 spiro atoms.